The van der Waals surface area contributed by atoms with Crippen molar-refractivity contribution in [1.82, 2.24) is 0 Å². The third-order valence-electron chi connectivity index (χ3n) is 9.68. The molecule has 0 saturated heterocycles. The van der Waals surface area contributed by atoms with Crippen LogP contribution in [0.2, 0.25) is 0 Å². The molecule has 3 saturated carbocycles. The fourth-order valence-corrected chi connectivity index (χ4v) is 8.31. The largest absolute Gasteiger partial charge is 0.450 e. The lowest BCUT2D eigenvalue weighted by Crippen LogP contribution is -2.70. The maximum absolute atomic E-state index is 17.2. The van der Waals surface area contributed by atoms with E-state index in [-0.39, 0.29) is 48.5 Å². The van der Waals surface area contributed by atoms with Crippen molar-refractivity contribution in [3.8, 4) is 0 Å². The Balaban J connectivity index is 1.84. The summed E-state index contributed by atoms with van der Waals surface area (Å²) in [7, 11) is 0. The second-order valence-electron chi connectivity index (χ2n) is 10.9. The molecule has 4 aliphatic carbocycles. The van der Waals surface area contributed by atoms with Gasteiger partial charge in [0.05, 0.1) is 12.0 Å². The van der Waals surface area contributed by atoms with Crippen molar-refractivity contribution < 1.29 is 28.6 Å². The molecule has 0 heterocycles. The summed E-state index contributed by atoms with van der Waals surface area (Å²) in [5.41, 5.74) is -4.44. The van der Waals surface area contributed by atoms with Crippen molar-refractivity contribution in [2.75, 3.05) is 5.88 Å². The van der Waals surface area contributed by atoms with Crippen LogP contribution < -0.4 is 0 Å². The number of ether oxygens (including phenoxy) is 1. The molecule has 7 heteroatoms. The van der Waals surface area contributed by atoms with Gasteiger partial charge in [0.1, 0.15) is 5.67 Å². The van der Waals surface area contributed by atoms with Gasteiger partial charge in [-0.2, -0.15) is 0 Å². The average Bonchev–Trinajstić information content (AvgIpc) is 2.96. The summed E-state index contributed by atoms with van der Waals surface area (Å²) in [6.45, 7) is 7.26. The van der Waals surface area contributed by atoms with Crippen LogP contribution in [0, 0.1) is 28.6 Å². The third-order valence-corrected chi connectivity index (χ3v) is 9.92. The molecule has 0 spiro atoms. The van der Waals surface area contributed by atoms with Gasteiger partial charge in [-0.25, -0.2) is 4.39 Å². The predicted molar refractivity (Wildman–Crippen MR) is 118 cm³/mol. The molecule has 0 aromatic rings. The summed E-state index contributed by atoms with van der Waals surface area (Å²) in [6, 6.07) is 0. The molecule has 1 N–H and O–H groups in total. The summed E-state index contributed by atoms with van der Waals surface area (Å²) < 4.78 is 23.2. The van der Waals surface area contributed by atoms with Gasteiger partial charge in [0.25, 0.3) is 0 Å². The van der Waals surface area contributed by atoms with Gasteiger partial charge < -0.3 is 9.84 Å². The maximum Gasteiger partial charge on any atom is 0.306 e. The van der Waals surface area contributed by atoms with E-state index in [0.29, 0.717) is 25.7 Å². The van der Waals surface area contributed by atoms with Crippen molar-refractivity contribution in [1.29, 1.82) is 0 Å². The first-order valence-corrected chi connectivity index (χ1v) is 12.4. The molecule has 8 atom stereocenters. The van der Waals surface area contributed by atoms with Crippen LogP contribution in [0.15, 0.2) is 11.6 Å². The number of esters is 1. The zero-order chi connectivity index (χ0) is 23.7. The van der Waals surface area contributed by atoms with Gasteiger partial charge in [-0.05, 0) is 44.1 Å². The lowest BCUT2D eigenvalue weighted by Gasteiger charge is -2.63. The molecule has 4 aliphatic rings. The van der Waals surface area contributed by atoms with Crippen LogP contribution in [0.25, 0.3) is 0 Å². The SMILES string of the molecule is CCC(=O)O[C@@]1(C(=O)CCl)[C@@H](C)C[C@H]2[C@@H]3CCC4=CC(=O)CC[C@]4(C)[C@@]3(F)[C@@H](O)C[C@@]21C. The number of carbonyl (C=O) groups is 3. The Hall–Kier alpha value is -1.27. The molecule has 0 aromatic heterocycles. The van der Waals surface area contributed by atoms with Crippen LogP contribution >= 0.6 is 11.6 Å². The zero-order valence-electron chi connectivity index (χ0n) is 19.4. The highest BCUT2D eigenvalue weighted by Gasteiger charge is 2.77. The van der Waals surface area contributed by atoms with Crippen LogP contribution in [-0.4, -0.2) is 45.9 Å². The number of aliphatic hydroxyl groups is 1. The smallest absolute Gasteiger partial charge is 0.306 e. The van der Waals surface area contributed by atoms with E-state index in [0.717, 1.165) is 5.57 Å². The van der Waals surface area contributed by atoms with Crippen LogP contribution in [-0.2, 0) is 19.1 Å². The number of rotatable bonds is 4. The second-order valence-corrected chi connectivity index (χ2v) is 11.1. The Labute approximate surface area is 194 Å². The van der Waals surface area contributed by atoms with Gasteiger partial charge in [-0.3, -0.25) is 14.4 Å². The van der Waals surface area contributed by atoms with Crippen LogP contribution in [0.5, 0.6) is 0 Å². The number of allylic oxidation sites excluding steroid dienone is 1. The number of carbonyl (C=O) groups excluding carboxylic acids is 3. The number of Topliss-reactive ketones (excluding diaryl/α,β-unsaturated/α-hetero) is 1. The zero-order valence-corrected chi connectivity index (χ0v) is 20.1. The monoisotopic (exact) mass is 468 g/mol. The molecular weight excluding hydrogens is 435 g/mol. The maximum atomic E-state index is 17.2. The molecule has 0 bridgehead atoms. The minimum Gasteiger partial charge on any atom is -0.450 e. The Morgan fingerprint density at radius 2 is 1.97 bits per heavy atom. The van der Waals surface area contributed by atoms with E-state index in [9.17, 15) is 19.5 Å². The fraction of sp³-hybridized carbons (Fsp3) is 0.800. The number of halogens is 2. The first-order chi connectivity index (χ1) is 14.9. The highest BCUT2D eigenvalue weighted by Crippen LogP contribution is 2.72. The van der Waals surface area contributed by atoms with Gasteiger partial charge in [-0.1, -0.05) is 33.3 Å². The van der Waals surface area contributed by atoms with Crippen molar-refractivity contribution >= 4 is 29.1 Å². The minimum atomic E-state index is -1.91. The quantitative estimate of drug-likeness (QED) is 0.490. The normalized spacial score (nSPS) is 47.7. The Morgan fingerprint density at radius 3 is 2.59 bits per heavy atom. The van der Waals surface area contributed by atoms with E-state index in [1.807, 2.05) is 20.8 Å². The molecule has 4 rings (SSSR count). The van der Waals surface area contributed by atoms with E-state index < -0.39 is 40.1 Å². The molecule has 0 unspecified atom stereocenters. The van der Waals surface area contributed by atoms with E-state index in [2.05, 4.69) is 0 Å². The third kappa shape index (κ3) is 2.74. The number of fused-ring (bicyclic) bond motifs is 5. The van der Waals surface area contributed by atoms with E-state index >= 15 is 4.39 Å². The summed E-state index contributed by atoms with van der Waals surface area (Å²) >= 11 is 6.02. The van der Waals surface area contributed by atoms with Crippen LogP contribution in [0.4, 0.5) is 4.39 Å². The summed E-state index contributed by atoms with van der Waals surface area (Å²) in [4.78, 5) is 37.8. The molecule has 0 amide bonds. The predicted octanol–water partition coefficient (Wildman–Crippen LogP) is 4.33. The van der Waals surface area contributed by atoms with Crippen molar-refractivity contribution in [2.24, 2.45) is 28.6 Å². The molecule has 0 radical (unpaired) electrons. The van der Waals surface area contributed by atoms with Crippen molar-refractivity contribution in [3.05, 3.63) is 11.6 Å². The van der Waals surface area contributed by atoms with Gasteiger partial charge in [-0.15, -0.1) is 11.6 Å². The van der Waals surface area contributed by atoms with Crippen LogP contribution in [0.3, 0.4) is 0 Å². The molecule has 178 valence electrons. The summed E-state index contributed by atoms with van der Waals surface area (Å²) in [6.07, 6.45) is 2.61. The molecule has 5 nitrogen and oxygen atoms in total. The molecular formula is C25H34ClFO5. The highest BCUT2D eigenvalue weighted by atomic mass is 35.5. The lowest BCUT2D eigenvalue weighted by atomic mass is 9.43. The summed E-state index contributed by atoms with van der Waals surface area (Å²) in [5, 5.41) is 11.4. The van der Waals surface area contributed by atoms with Gasteiger partial charge in [0.15, 0.2) is 17.2 Å². The highest BCUT2D eigenvalue weighted by molar-refractivity contribution is 6.29. The molecule has 3 fully saturated rings. The first kappa shape index (κ1) is 23.9. The Kier molecular flexibility index (Phi) is 5.69. The van der Waals surface area contributed by atoms with E-state index in [4.69, 9.17) is 16.3 Å². The van der Waals surface area contributed by atoms with E-state index in [1.54, 1.807) is 13.0 Å². The van der Waals surface area contributed by atoms with Crippen LogP contribution in [0.1, 0.15) is 72.6 Å². The Morgan fingerprint density at radius 1 is 1.28 bits per heavy atom. The lowest BCUT2D eigenvalue weighted by molar-refractivity contribution is -0.234. The average molecular weight is 469 g/mol. The topological polar surface area (TPSA) is 80.7 Å². The number of hydrogen-bond donors (Lipinski definition) is 1. The van der Waals surface area contributed by atoms with Crippen molar-refractivity contribution in [2.45, 2.75) is 90.0 Å². The van der Waals surface area contributed by atoms with Gasteiger partial charge in [0.2, 0.25) is 0 Å². The number of ketones is 2. The van der Waals surface area contributed by atoms with Gasteiger partial charge >= 0.3 is 5.97 Å². The number of aliphatic hydroxyl groups excluding tert-OH is 1. The van der Waals surface area contributed by atoms with Crippen molar-refractivity contribution in [3.63, 3.8) is 0 Å². The standard InChI is InChI=1S/C25H34ClFO5/c1-5-21(31)32-25(20(30)13-26)14(2)10-18-17-7-6-15-11-16(28)8-9-22(15,3)24(17,27)19(29)12-23(18,25)4/h11,14,17-19,29H,5-10,12-13H2,1-4H3/t14-,17-,18-,19-,22-,23-,24-,25+/m0/s1. The van der Waals surface area contributed by atoms with E-state index in [1.165, 1.54) is 0 Å². The fourth-order valence-electron chi connectivity index (χ4n) is 8.11. The minimum absolute atomic E-state index is 0.00540. The number of hydrogen-bond acceptors (Lipinski definition) is 5. The molecule has 0 aromatic carbocycles. The molecule has 32 heavy (non-hydrogen) atoms. The Bertz CT molecular complexity index is 888. The number of alkyl halides is 2. The summed E-state index contributed by atoms with van der Waals surface area (Å²) in [5.74, 6) is -2.25. The van der Waals surface area contributed by atoms with Gasteiger partial charge in [0, 0.05) is 35.5 Å². The first-order valence-electron chi connectivity index (χ1n) is 11.8. The second kappa shape index (κ2) is 7.63. The molecule has 0 aliphatic heterocycles.